The lowest BCUT2D eigenvalue weighted by Crippen LogP contribution is -2.27. The molecule has 0 spiro atoms. The highest BCUT2D eigenvalue weighted by atomic mass is 16.1. The second kappa shape index (κ2) is 8.37. The standard InChI is InChI=1S/C17H21N9O/c1-2-20-17(27)16-13(23-11-4-3-10(19)5-11)6-14(25-26-16)24-15-9-21-12(7-18)8-22-15/h6,8-11H,2-5,19H2,1H3,(H,20,27)(H2,22,23,24,25). The van der Waals surface area contributed by atoms with Crippen LogP contribution in [0.1, 0.15) is 42.4 Å². The van der Waals surface area contributed by atoms with Gasteiger partial charge in [0.2, 0.25) is 0 Å². The number of anilines is 3. The molecule has 1 aliphatic carbocycles. The predicted octanol–water partition coefficient (Wildman–Crippen LogP) is 0.923. The van der Waals surface area contributed by atoms with E-state index in [2.05, 4.69) is 36.1 Å². The number of nitrogens with zero attached hydrogens (tertiary/aromatic N) is 5. The third-order valence-corrected chi connectivity index (χ3v) is 4.20. The molecule has 2 aromatic heterocycles. The van der Waals surface area contributed by atoms with Crippen LogP contribution in [0.25, 0.3) is 0 Å². The fraction of sp³-hybridized carbons (Fsp3) is 0.412. The number of rotatable bonds is 6. The predicted molar refractivity (Wildman–Crippen MR) is 99.3 cm³/mol. The lowest BCUT2D eigenvalue weighted by Gasteiger charge is -2.17. The Bertz CT molecular complexity index is 846. The summed E-state index contributed by atoms with van der Waals surface area (Å²) in [5.74, 6) is 0.536. The summed E-state index contributed by atoms with van der Waals surface area (Å²) in [5, 5.41) is 26.0. The minimum atomic E-state index is -0.292. The maximum Gasteiger partial charge on any atom is 0.273 e. The molecule has 0 radical (unpaired) electrons. The van der Waals surface area contributed by atoms with Gasteiger partial charge in [0.25, 0.3) is 5.91 Å². The number of nitrogens with two attached hydrogens (primary N) is 1. The van der Waals surface area contributed by atoms with Gasteiger partial charge >= 0.3 is 0 Å². The highest BCUT2D eigenvalue weighted by Crippen LogP contribution is 2.25. The zero-order chi connectivity index (χ0) is 19.2. The number of amides is 1. The number of hydrogen-bond acceptors (Lipinski definition) is 9. The fourth-order valence-electron chi connectivity index (χ4n) is 2.92. The summed E-state index contributed by atoms with van der Waals surface area (Å²) in [6.45, 7) is 2.34. The van der Waals surface area contributed by atoms with E-state index in [4.69, 9.17) is 11.0 Å². The third kappa shape index (κ3) is 4.65. The van der Waals surface area contributed by atoms with Crippen molar-refractivity contribution in [3.05, 3.63) is 29.8 Å². The Morgan fingerprint density at radius 3 is 2.78 bits per heavy atom. The number of hydrogen-bond donors (Lipinski definition) is 4. The topological polar surface area (TPSA) is 155 Å². The van der Waals surface area contributed by atoms with E-state index in [1.807, 2.05) is 13.0 Å². The van der Waals surface area contributed by atoms with Crippen molar-refractivity contribution in [3.8, 4) is 6.07 Å². The first-order chi connectivity index (χ1) is 13.1. The highest BCUT2D eigenvalue weighted by Gasteiger charge is 2.24. The summed E-state index contributed by atoms with van der Waals surface area (Å²) in [4.78, 5) is 20.3. The summed E-state index contributed by atoms with van der Waals surface area (Å²) < 4.78 is 0. The van der Waals surface area contributed by atoms with E-state index in [1.54, 1.807) is 6.07 Å². The van der Waals surface area contributed by atoms with Crippen molar-refractivity contribution in [2.45, 2.75) is 38.3 Å². The number of aromatic nitrogens is 4. The van der Waals surface area contributed by atoms with Crippen molar-refractivity contribution in [2.75, 3.05) is 17.2 Å². The number of nitrogens with one attached hydrogen (secondary N) is 3. The first kappa shape index (κ1) is 18.5. The first-order valence-electron chi connectivity index (χ1n) is 8.76. The monoisotopic (exact) mass is 367 g/mol. The Morgan fingerprint density at radius 1 is 1.30 bits per heavy atom. The molecule has 0 aromatic carbocycles. The van der Waals surface area contributed by atoms with Crippen LogP contribution in [0, 0.1) is 11.3 Å². The van der Waals surface area contributed by atoms with Crippen molar-refractivity contribution in [3.63, 3.8) is 0 Å². The Hall–Kier alpha value is -3.32. The van der Waals surface area contributed by atoms with Crippen molar-refractivity contribution in [1.29, 1.82) is 5.26 Å². The minimum Gasteiger partial charge on any atom is -0.380 e. The first-order valence-corrected chi connectivity index (χ1v) is 8.76. The molecule has 2 atom stereocenters. The lowest BCUT2D eigenvalue weighted by molar-refractivity contribution is 0.0950. The van der Waals surface area contributed by atoms with Gasteiger partial charge in [0.1, 0.15) is 11.9 Å². The average molecular weight is 367 g/mol. The normalized spacial score (nSPS) is 18.6. The molecule has 2 unspecified atom stereocenters. The second-order valence-electron chi connectivity index (χ2n) is 6.29. The van der Waals surface area contributed by atoms with E-state index in [1.165, 1.54) is 12.4 Å². The van der Waals surface area contributed by atoms with Gasteiger partial charge in [-0.25, -0.2) is 9.97 Å². The highest BCUT2D eigenvalue weighted by molar-refractivity contribution is 5.97. The molecule has 0 bridgehead atoms. The van der Waals surface area contributed by atoms with Gasteiger partial charge in [-0.2, -0.15) is 5.26 Å². The maximum atomic E-state index is 12.3. The van der Waals surface area contributed by atoms with Gasteiger partial charge in [-0.05, 0) is 26.2 Å². The maximum absolute atomic E-state index is 12.3. The Kier molecular flexibility index (Phi) is 5.73. The molecular formula is C17H21N9O. The van der Waals surface area contributed by atoms with Crippen LogP contribution in [0.2, 0.25) is 0 Å². The Morgan fingerprint density at radius 2 is 2.15 bits per heavy atom. The van der Waals surface area contributed by atoms with Gasteiger partial charge in [0.15, 0.2) is 17.2 Å². The zero-order valence-corrected chi connectivity index (χ0v) is 14.9. The summed E-state index contributed by atoms with van der Waals surface area (Å²) in [6, 6.07) is 3.96. The second-order valence-corrected chi connectivity index (χ2v) is 6.29. The minimum absolute atomic E-state index is 0.164. The van der Waals surface area contributed by atoms with Gasteiger partial charge in [-0.1, -0.05) is 0 Å². The van der Waals surface area contributed by atoms with Gasteiger partial charge in [0, 0.05) is 24.7 Å². The molecule has 10 heteroatoms. The Balaban J connectivity index is 1.83. The largest absolute Gasteiger partial charge is 0.380 e. The van der Waals surface area contributed by atoms with Crippen LogP contribution in [0.5, 0.6) is 0 Å². The molecule has 0 aliphatic heterocycles. The summed E-state index contributed by atoms with van der Waals surface area (Å²) in [5.41, 5.74) is 7.02. The Labute approximate surface area is 156 Å². The van der Waals surface area contributed by atoms with E-state index in [0.717, 1.165) is 19.3 Å². The smallest absolute Gasteiger partial charge is 0.273 e. The molecule has 2 heterocycles. The van der Waals surface area contributed by atoms with Crippen LogP contribution in [-0.2, 0) is 0 Å². The molecule has 0 saturated heterocycles. The molecule has 1 saturated carbocycles. The van der Waals surface area contributed by atoms with Gasteiger partial charge in [-0.3, -0.25) is 4.79 Å². The molecule has 3 rings (SSSR count). The molecule has 140 valence electrons. The molecule has 10 nitrogen and oxygen atoms in total. The SMILES string of the molecule is CCNC(=O)c1nnc(Nc2cnc(C#N)cn2)cc1NC1CCC(N)C1. The van der Waals surface area contributed by atoms with Crippen LogP contribution in [0.4, 0.5) is 17.3 Å². The van der Waals surface area contributed by atoms with Gasteiger partial charge in [-0.15, -0.1) is 10.2 Å². The molecule has 2 aromatic rings. The van der Waals surface area contributed by atoms with Crippen LogP contribution in [-0.4, -0.2) is 44.7 Å². The molecule has 5 N–H and O–H groups in total. The van der Waals surface area contributed by atoms with Crippen LogP contribution >= 0.6 is 0 Å². The molecule has 27 heavy (non-hydrogen) atoms. The van der Waals surface area contributed by atoms with Crippen molar-refractivity contribution < 1.29 is 4.79 Å². The van der Waals surface area contributed by atoms with Crippen LogP contribution in [0.3, 0.4) is 0 Å². The molecular weight excluding hydrogens is 346 g/mol. The number of nitriles is 1. The summed E-state index contributed by atoms with van der Waals surface area (Å²) in [7, 11) is 0. The van der Waals surface area contributed by atoms with Crippen molar-refractivity contribution in [1.82, 2.24) is 25.5 Å². The summed E-state index contributed by atoms with van der Waals surface area (Å²) in [6.07, 6.45) is 5.50. The third-order valence-electron chi connectivity index (χ3n) is 4.20. The molecule has 1 aliphatic rings. The van der Waals surface area contributed by atoms with E-state index in [-0.39, 0.29) is 29.4 Å². The average Bonchev–Trinajstić information content (AvgIpc) is 3.07. The van der Waals surface area contributed by atoms with E-state index < -0.39 is 0 Å². The zero-order valence-electron chi connectivity index (χ0n) is 14.9. The number of carbonyl (C=O) groups is 1. The van der Waals surface area contributed by atoms with Crippen LogP contribution in [0.15, 0.2) is 18.5 Å². The van der Waals surface area contributed by atoms with Crippen LogP contribution < -0.4 is 21.7 Å². The van der Waals surface area contributed by atoms with E-state index in [9.17, 15) is 4.79 Å². The van der Waals surface area contributed by atoms with Crippen molar-refractivity contribution >= 4 is 23.2 Å². The quantitative estimate of drug-likeness (QED) is 0.583. The summed E-state index contributed by atoms with van der Waals surface area (Å²) >= 11 is 0. The van der Waals surface area contributed by atoms with Gasteiger partial charge < -0.3 is 21.7 Å². The van der Waals surface area contributed by atoms with E-state index in [0.29, 0.717) is 23.9 Å². The van der Waals surface area contributed by atoms with Gasteiger partial charge in [0.05, 0.1) is 18.1 Å². The van der Waals surface area contributed by atoms with Crippen molar-refractivity contribution in [2.24, 2.45) is 5.73 Å². The number of carbonyl (C=O) groups excluding carboxylic acids is 1. The molecule has 1 amide bonds. The fourth-order valence-corrected chi connectivity index (χ4v) is 2.92. The molecule has 1 fully saturated rings. The lowest BCUT2D eigenvalue weighted by atomic mass is 10.2. The van der Waals surface area contributed by atoms with E-state index >= 15 is 0 Å².